The fourth-order valence-electron chi connectivity index (χ4n) is 1.49. The zero-order valence-electron chi connectivity index (χ0n) is 8.60. The lowest BCUT2D eigenvalue weighted by molar-refractivity contribution is 0.506. The Bertz CT molecular complexity index is 654. The monoisotopic (exact) mass is 215 g/mol. The maximum atomic E-state index is 5.65. The molecule has 0 fully saturated rings. The van der Waals surface area contributed by atoms with Gasteiger partial charge in [0.2, 0.25) is 0 Å². The molecule has 0 saturated heterocycles. The van der Waals surface area contributed by atoms with Crippen LogP contribution in [-0.4, -0.2) is 9.97 Å². The van der Waals surface area contributed by atoms with Crippen molar-refractivity contribution in [2.24, 2.45) is 0 Å². The first kappa shape index (κ1) is 8.96. The molecule has 0 aliphatic heterocycles. The van der Waals surface area contributed by atoms with Crippen LogP contribution >= 0.6 is 0 Å². The van der Waals surface area contributed by atoms with Crippen molar-refractivity contribution < 1.29 is 8.83 Å². The quantitative estimate of drug-likeness (QED) is 0.630. The highest BCUT2D eigenvalue weighted by Gasteiger charge is 2.12. The normalized spacial score (nSPS) is 11.1. The molecule has 0 amide bonds. The number of benzene rings is 1. The van der Waals surface area contributed by atoms with Gasteiger partial charge in [-0.3, -0.25) is 0 Å². The topological polar surface area (TPSA) is 78.1 Å². The van der Waals surface area contributed by atoms with E-state index in [-0.39, 0.29) is 0 Å². The van der Waals surface area contributed by atoms with Crippen molar-refractivity contribution >= 4 is 16.8 Å². The van der Waals surface area contributed by atoms with Crippen LogP contribution in [0, 0.1) is 6.92 Å². The number of nitrogens with zero attached hydrogens (tertiary/aromatic N) is 2. The van der Waals surface area contributed by atoms with Gasteiger partial charge >= 0.3 is 0 Å². The molecule has 3 rings (SSSR count). The molecule has 16 heavy (non-hydrogen) atoms. The number of hydrogen-bond donors (Lipinski definition) is 1. The molecule has 0 atom stereocenters. The molecule has 80 valence electrons. The summed E-state index contributed by atoms with van der Waals surface area (Å²) in [5.74, 6) is 1.47. The summed E-state index contributed by atoms with van der Waals surface area (Å²) < 4.78 is 10.8. The third kappa shape index (κ3) is 1.33. The molecule has 2 N–H and O–H groups in total. The molecule has 1 aromatic carbocycles. The molecule has 0 saturated carbocycles. The molecule has 0 spiro atoms. The van der Waals surface area contributed by atoms with Gasteiger partial charge in [-0.05, 0) is 19.1 Å². The SMILES string of the molecule is Cc1cnc(-c2nc3ccc(N)cc3o2)o1. The lowest BCUT2D eigenvalue weighted by Gasteiger charge is -1.88. The van der Waals surface area contributed by atoms with Crippen LogP contribution in [0.25, 0.3) is 22.9 Å². The minimum atomic E-state index is 0.369. The molecule has 2 aromatic heterocycles. The van der Waals surface area contributed by atoms with E-state index in [0.717, 1.165) is 11.3 Å². The number of nitrogens with two attached hydrogens (primary N) is 1. The van der Waals surface area contributed by atoms with Gasteiger partial charge in [0, 0.05) is 11.8 Å². The van der Waals surface area contributed by atoms with Crippen molar-refractivity contribution in [3.05, 3.63) is 30.2 Å². The summed E-state index contributed by atoms with van der Waals surface area (Å²) in [7, 11) is 0. The summed E-state index contributed by atoms with van der Waals surface area (Å²) in [4.78, 5) is 8.31. The fourth-order valence-corrected chi connectivity index (χ4v) is 1.49. The Balaban J connectivity index is 2.18. The third-order valence-electron chi connectivity index (χ3n) is 2.22. The minimum absolute atomic E-state index is 0.369. The van der Waals surface area contributed by atoms with Gasteiger partial charge < -0.3 is 14.6 Å². The average Bonchev–Trinajstić information content (AvgIpc) is 2.83. The largest absolute Gasteiger partial charge is 0.438 e. The number of nitrogen functional groups attached to an aromatic ring is 1. The molecule has 5 nitrogen and oxygen atoms in total. The predicted molar refractivity (Wildman–Crippen MR) is 58.7 cm³/mol. The highest BCUT2D eigenvalue weighted by atomic mass is 16.4. The molecular weight excluding hydrogens is 206 g/mol. The Morgan fingerprint density at radius 3 is 2.81 bits per heavy atom. The first-order valence-electron chi connectivity index (χ1n) is 4.81. The smallest absolute Gasteiger partial charge is 0.284 e. The van der Waals surface area contributed by atoms with Crippen molar-refractivity contribution in [2.45, 2.75) is 6.92 Å². The van der Waals surface area contributed by atoms with E-state index in [1.165, 1.54) is 0 Å². The average molecular weight is 215 g/mol. The maximum Gasteiger partial charge on any atom is 0.284 e. The van der Waals surface area contributed by atoms with Crippen LogP contribution in [0.15, 0.2) is 33.2 Å². The second-order valence-corrected chi connectivity index (χ2v) is 3.52. The highest BCUT2D eigenvalue weighted by Crippen LogP contribution is 2.24. The lowest BCUT2D eigenvalue weighted by Crippen LogP contribution is -1.81. The first-order chi connectivity index (χ1) is 7.72. The number of aromatic nitrogens is 2. The van der Waals surface area contributed by atoms with E-state index in [9.17, 15) is 0 Å². The Kier molecular flexibility index (Phi) is 1.73. The van der Waals surface area contributed by atoms with E-state index in [1.54, 1.807) is 24.4 Å². The summed E-state index contributed by atoms with van der Waals surface area (Å²) in [6.45, 7) is 1.82. The zero-order chi connectivity index (χ0) is 11.1. The van der Waals surface area contributed by atoms with Crippen LogP contribution in [0.2, 0.25) is 0 Å². The Morgan fingerprint density at radius 1 is 1.19 bits per heavy atom. The summed E-state index contributed by atoms with van der Waals surface area (Å²) in [6, 6.07) is 5.30. The number of aryl methyl sites for hydroxylation is 1. The maximum absolute atomic E-state index is 5.65. The molecule has 0 radical (unpaired) electrons. The van der Waals surface area contributed by atoms with Crippen molar-refractivity contribution in [2.75, 3.05) is 5.73 Å². The van der Waals surface area contributed by atoms with Crippen LogP contribution in [0.3, 0.4) is 0 Å². The Morgan fingerprint density at radius 2 is 2.06 bits per heavy atom. The lowest BCUT2D eigenvalue weighted by atomic mass is 10.3. The van der Waals surface area contributed by atoms with Crippen molar-refractivity contribution in [3.63, 3.8) is 0 Å². The van der Waals surface area contributed by atoms with Crippen LogP contribution in [0.5, 0.6) is 0 Å². The molecule has 0 bridgehead atoms. The number of hydrogen-bond acceptors (Lipinski definition) is 5. The zero-order valence-corrected chi connectivity index (χ0v) is 8.60. The van der Waals surface area contributed by atoms with Crippen LogP contribution in [0.1, 0.15) is 5.76 Å². The summed E-state index contributed by atoms with van der Waals surface area (Å²) in [6.07, 6.45) is 1.62. The molecule has 0 aliphatic carbocycles. The number of fused-ring (bicyclic) bond motifs is 1. The van der Waals surface area contributed by atoms with Crippen molar-refractivity contribution in [1.29, 1.82) is 0 Å². The van der Waals surface area contributed by atoms with Gasteiger partial charge in [-0.2, -0.15) is 0 Å². The highest BCUT2D eigenvalue weighted by molar-refractivity contribution is 5.78. The second kappa shape index (κ2) is 3.10. The number of oxazole rings is 2. The standard InChI is InChI=1S/C11H9N3O2/c1-6-5-13-10(15-6)11-14-8-3-2-7(12)4-9(8)16-11/h2-5H,12H2,1H3. The van der Waals surface area contributed by atoms with Gasteiger partial charge in [0.05, 0.1) is 6.20 Å². The van der Waals surface area contributed by atoms with Gasteiger partial charge in [0.15, 0.2) is 5.58 Å². The van der Waals surface area contributed by atoms with E-state index in [0.29, 0.717) is 23.1 Å². The van der Waals surface area contributed by atoms with Crippen LogP contribution < -0.4 is 5.73 Å². The van der Waals surface area contributed by atoms with Gasteiger partial charge in [0.25, 0.3) is 11.8 Å². The summed E-state index contributed by atoms with van der Waals surface area (Å²) >= 11 is 0. The second-order valence-electron chi connectivity index (χ2n) is 3.52. The van der Waals surface area contributed by atoms with Crippen LogP contribution in [0.4, 0.5) is 5.69 Å². The Labute approximate surface area is 90.9 Å². The van der Waals surface area contributed by atoms with E-state index in [4.69, 9.17) is 14.6 Å². The van der Waals surface area contributed by atoms with Gasteiger partial charge in [-0.1, -0.05) is 0 Å². The van der Waals surface area contributed by atoms with Gasteiger partial charge in [-0.15, -0.1) is 0 Å². The Hall–Kier alpha value is -2.30. The number of rotatable bonds is 1. The minimum Gasteiger partial charge on any atom is -0.438 e. The molecule has 3 aromatic rings. The first-order valence-corrected chi connectivity index (χ1v) is 4.81. The fraction of sp³-hybridized carbons (Fsp3) is 0.0909. The molecule has 5 heteroatoms. The summed E-state index contributed by atoms with van der Waals surface area (Å²) in [5.41, 5.74) is 7.65. The van der Waals surface area contributed by atoms with Crippen molar-refractivity contribution in [3.8, 4) is 11.8 Å². The molecule has 0 unspecified atom stereocenters. The van der Waals surface area contributed by atoms with Crippen LogP contribution in [-0.2, 0) is 0 Å². The van der Waals surface area contributed by atoms with E-state index in [1.807, 2.05) is 6.92 Å². The molecule has 0 aliphatic rings. The summed E-state index contributed by atoms with van der Waals surface area (Å²) in [5, 5.41) is 0. The van der Waals surface area contributed by atoms with Gasteiger partial charge in [-0.25, -0.2) is 9.97 Å². The third-order valence-corrected chi connectivity index (χ3v) is 2.22. The van der Waals surface area contributed by atoms with E-state index in [2.05, 4.69) is 9.97 Å². The van der Waals surface area contributed by atoms with Gasteiger partial charge in [0.1, 0.15) is 11.3 Å². The molecular formula is C11H9N3O2. The predicted octanol–water partition coefficient (Wildman–Crippen LogP) is 2.37. The van der Waals surface area contributed by atoms with Crippen molar-refractivity contribution in [1.82, 2.24) is 9.97 Å². The van der Waals surface area contributed by atoms with E-state index < -0.39 is 0 Å². The number of anilines is 1. The molecule has 2 heterocycles. The van der Waals surface area contributed by atoms with E-state index >= 15 is 0 Å².